The Bertz CT molecular complexity index is 1220. The van der Waals surface area contributed by atoms with Crippen LogP contribution in [0, 0.1) is 53.6 Å². The number of benzene rings is 3. The number of hydrogen-bond acceptors (Lipinski definition) is 3. The van der Waals surface area contributed by atoms with Crippen LogP contribution in [0.25, 0.3) is 0 Å². The van der Waals surface area contributed by atoms with E-state index >= 15 is 0 Å². The summed E-state index contributed by atoms with van der Waals surface area (Å²) in [6.07, 6.45) is 2.83. The molecule has 1 saturated heterocycles. The van der Waals surface area contributed by atoms with E-state index in [1.165, 1.54) is 44.8 Å². The third-order valence-electron chi connectivity index (χ3n) is 6.63. The zero-order valence-corrected chi connectivity index (χ0v) is 27.7. The van der Waals surface area contributed by atoms with E-state index in [4.69, 9.17) is 19.4 Å². The van der Waals surface area contributed by atoms with Crippen molar-refractivity contribution < 1.29 is 13.5 Å². The maximum absolute atomic E-state index is 5.81. The zero-order valence-electron chi connectivity index (χ0n) is 24.4. The summed E-state index contributed by atoms with van der Waals surface area (Å²) in [4.78, 5) is 9.00. The first-order chi connectivity index (χ1) is 18.4. The Morgan fingerprint density at radius 2 is 1.23 bits per heavy atom. The van der Waals surface area contributed by atoms with E-state index in [9.17, 15) is 0 Å². The maximum Gasteiger partial charge on any atom is 0.208 e. The topological polar surface area (TPSA) is 18.8 Å². The van der Waals surface area contributed by atoms with Crippen molar-refractivity contribution in [2.45, 2.75) is 61.8 Å². The summed E-state index contributed by atoms with van der Waals surface area (Å²) in [6.45, 7) is 22.9. The molecule has 0 atom stereocenters. The van der Waals surface area contributed by atoms with Crippen LogP contribution in [0.2, 0.25) is 0 Å². The van der Waals surface area contributed by atoms with Crippen molar-refractivity contribution in [1.29, 1.82) is 0 Å². The van der Waals surface area contributed by atoms with E-state index in [0.717, 1.165) is 25.2 Å². The van der Waals surface area contributed by atoms with Crippen LogP contribution >= 0.6 is 19.4 Å². The van der Waals surface area contributed by atoms with Crippen molar-refractivity contribution in [3.05, 3.63) is 94.6 Å². The molecular formula is C33H41Cl2N3Ru. The molecule has 0 amide bonds. The van der Waals surface area contributed by atoms with Crippen molar-refractivity contribution in [1.82, 2.24) is 0 Å². The van der Waals surface area contributed by atoms with Crippen molar-refractivity contribution in [3.63, 3.8) is 0 Å². The average Bonchev–Trinajstić information content (AvgIpc) is 3.30. The van der Waals surface area contributed by atoms with Crippen molar-refractivity contribution in [2.24, 2.45) is 10.4 Å². The van der Waals surface area contributed by atoms with E-state index < -0.39 is 13.5 Å². The largest absolute Gasteiger partial charge is 0.339 e. The van der Waals surface area contributed by atoms with Crippen LogP contribution in [0.4, 0.5) is 17.1 Å². The van der Waals surface area contributed by atoms with Crippen LogP contribution in [0.15, 0.2) is 59.6 Å². The van der Waals surface area contributed by atoms with Gasteiger partial charge in [-0.15, -0.1) is 0 Å². The van der Waals surface area contributed by atoms with Gasteiger partial charge in [-0.25, -0.2) is 0 Å². The minimum atomic E-state index is -1.65. The molecule has 210 valence electrons. The number of anilines is 2. The Morgan fingerprint density at radius 3 is 1.64 bits per heavy atom. The molecule has 1 aliphatic rings. The standard InChI is InChI=1S/C21H26N2.C12H15N.2ClH.Ru/c1-14-9-16(3)20(17(4)10-14)22-7-8-23(13-22)21-18(5)11-15(2)12-19(21)6;1-4-12(2,3)10-13-11-8-6-5-7-9-11;;;/h9-12H,7-8H2,1-6H3;1,5-10H,4H2,2-3H3;2*1H;/q;;;;+2/p-2. The first-order valence-corrected chi connectivity index (χ1v) is 18.7. The molecule has 0 unspecified atom stereocenters. The van der Waals surface area contributed by atoms with Gasteiger partial charge in [-0.05, 0) is 63.8 Å². The van der Waals surface area contributed by atoms with Gasteiger partial charge in [0, 0.05) is 24.5 Å². The molecule has 0 N–H and O–H groups in total. The summed E-state index contributed by atoms with van der Waals surface area (Å²) in [5, 5.41) is 0. The smallest absolute Gasteiger partial charge is 0.208 e. The molecule has 0 saturated carbocycles. The summed E-state index contributed by atoms with van der Waals surface area (Å²) in [5.74, 6) is 0. The van der Waals surface area contributed by atoms with E-state index in [-0.39, 0.29) is 5.41 Å². The second-order valence-corrected chi connectivity index (χ2v) is 17.0. The zero-order chi connectivity index (χ0) is 28.7. The number of aliphatic imine (C=N–C) groups is 1. The first-order valence-electron chi connectivity index (χ1n) is 13.3. The molecule has 6 heteroatoms. The molecule has 2 radical (unpaired) electrons. The second-order valence-electron chi connectivity index (χ2n) is 11.0. The third-order valence-corrected chi connectivity index (χ3v) is 8.81. The van der Waals surface area contributed by atoms with Gasteiger partial charge in [-0.1, -0.05) is 35.4 Å². The van der Waals surface area contributed by atoms with Gasteiger partial charge in [0.1, 0.15) is 0 Å². The summed E-state index contributed by atoms with van der Waals surface area (Å²) < 4.78 is 2.02. The fraction of sp³-hybridized carbons (Fsp3) is 0.364. The van der Waals surface area contributed by atoms with Crippen molar-refractivity contribution in [3.8, 4) is 0 Å². The van der Waals surface area contributed by atoms with E-state index in [1.54, 1.807) is 0 Å². The number of para-hydroxylation sites is 1. The van der Waals surface area contributed by atoms with Gasteiger partial charge in [-0.2, -0.15) is 0 Å². The van der Waals surface area contributed by atoms with Gasteiger partial charge in [-0.3, -0.25) is 0 Å². The molecule has 0 spiro atoms. The van der Waals surface area contributed by atoms with Crippen LogP contribution in [-0.2, 0) is 13.5 Å². The Morgan fingerprint density at radius 1 is 0.795 bits per heavy atom. The van der Waals surface area contributed by atoms with E-state index in [0.29, 0.717) is 0 Å². The number of halogens is 2. The van der Waals surface area contributed by atoms with Crippen LogP contribution < -0.4 is 9.80 Å². The van der Waals surface area contributed by atoms with Crippen molar-refractivity contribution >= 4 is 47.3 Å². The predicted octanol–water partition coefficient (Wildman–Crippen LogP) is 9.39. The SMILES string of the molecule is CC(C)(C=Nc1ccccc1)C[CH]=[Ru]([Cl])[Cl].Cc1cc(C)c(N2[C]N(c3c(C)cc(C)cc3C)CC2)c(C)c1. The molecule has 4 rings (SSSR count). The second kappa shape index (κ2) is 14.1. The van der Waals surface area contributed by atoms with E-state index in [1.807, 2.05) is 41.2 Å². The molecule has 1 heterocycles. The number of rotatable bonds is 6. The van der Waals surface area contributed by atoms with Gasteiger partial charge in [0.15, 0.2) is 0 Å². The maximum atomic E-state index is 5.81. The van der Waals surface area contributed by atoms with Crippen LogP contribution in [0.3, 0.4) is 0 Å². The van der Waals surface area contributed by atoms with Gasteiger partial charge >= 0.3 is 110 Å². The van der Waals surface area contributed by atoms with E-state index in [2.05, 4.69) is 101 Å². The summed E-state index contributed by atoms with van der Waals surface area (Å²) in [5.41, 5.74) is 11.6. The van der Waals surface area contributed by atoms with Crippen LogP contribution in [0.1, 0.15) is 53.6 Å². The third kappa shape index (κ3) is 9.27. The van der Waals surface area contributed by atoms with Gasteiger partial charge < -0.3 is 9.80 Å². The number of nitrogens with zero attached hydrogens (tertiary/aromatic N) is 3. The number of hydrogen-bond donors (Lipinski definition) is 0. The fourth-order valence-electron chi connectivity index (χ4n) is 5.02. The Hall–Kier alpha value is -2.00. The molecule has 0 aliphatic carbocycles. The Labute approximate surface area is 249 Å². The van der Waals surface area contributed by atoms with Crippen LogP contribution in [0.5, 0.6) is 0 Å². The Balaban J connectivity index is 0.000000231. The molecular weight excluding hydrogens is 610 g/mol. The molecule has 3 nitrogen and oxygen atoms in total. The van der Waals surface area contributed by atoms with Crippen molar-refractivity contribution in [2.75, 3.05) is 22.9 Å². The summed E-state index contributed by atoms with van der Waals surface area (Å²) >= 11 is -1.65. The fourth-order valence-corrected chi connectivity index (χ4v) is 6.85. The minimum Gasteiger partial charge on any atom is -0.339 e. The normalized spacial score (nSPS) is 13.9. The molecule has 0 bridgehead atoms. The first kappa shape index (κ1) is 31.5. The molecule has 1 aliphatic heterocycles. The summed E-state index contributed by atoms with van der Waals surface area (Å²) in [6, 6.07) is 18.9. The molecule has 0 aromatic heterocycles. The predicted molar refractivity (Wildman–Crippen MR) is 170 cm³/mol. The number of aryl methyl sites for hydroxylation is 6. The van der Waals surface area contributed by atoms with Gasteiger partial charge in [0.05, 0.1) is 0 Å². The molecule has 3 aromatic rings. The van der Waals surface area contributed by atoms with Gasteiger partial charge in [0.25, 0.3) is 0 Å². The molecule has 39 heavy (non-hydrogen) atoms. The van der Waals surface area contributed by atoms with Gasteiger partial charge in [0.2, 0.25) is 6.67 Å². The summed E-state index contributed by atoms with van der Waals surface area (Å²) in [7, 11) is 11.6. The molecule has 1 fully saturated rings. The monoisotopic (exact) mass is 651 g/mol. The molecule has 3 aromatic carbocycles. The average molecular weight is 652 g/mol. The quantitative estimate of drug-likeness (QED) is 0.195. The van der Waals surface area contributed by atoms with Crippen LogP contribution in [-0.4, -0.2) is 23.9 Å². The Kier molecular flexibility index (Phi) is 11.4. The minimum absolute atomic E-state index is 0.00594.